The largest absolute Gasteiger partial charge is 0.198 e. The molecular formula is C11H16N2. The highest BCUT2D eigenvalue weighted by Gasteiger charge is 2.37. The minimum absolute atomic E-state index is 0.341. The number of hydrogen-bond donors (Lipinski definition) is 0. The van der Waals surface area contributed by atoms with Crippen LogP contribution in [-0.4, -0.2) is 0 Å². The Morgan fingerprint density at radius 2 is 1.77 bits per heavy atom. The minimum Gasteiger partial charge on any atom is -0.198 e. The molecule has 0 amide bonds. The topological polar surface area (TPSA) is 47.6 Å². The van der Waals surface area contributed by atoms with Gasteiger partial charge in [-0.2, -0.15) is 10.5 Å². The normalized spacial score (nSPS) is 39.1. The van der Waals surface area contributed by atoms with Crippen molar-refractivity contribution >= 4 is 0 Å². The molecule has 1 aliphatic carbocycles. The van der Waals surface area contributed by atoms with Crippen molar-refractivity contribution in [2.45, 2.75) is 39.5 Å². The Bertz CT molecular complexity index is 246. The number of nitrogens with zero attached hydrogens (tertiary/aromatic N) is 2. The SMILES string of the molecule is CC1CC(C)CC(C#N)(CC#N)C1. The first-order chi connectivity index (χ1) is 6.12. The third-order valence-corrected chi connectivity index (χ3v) is 2.94. The second kappa shape index (κ2) is 3.79. The van der Waals surface area contributed by atoms with Crippen LogP contribution in [0.4, 0.5) is 0 Å². The van der Waals surface area contributed by atoms with Gasteiger partial charge in [0.1, 0.15) is 0 Å². The highest BCUT2D eigenvalue weighted by molar-refractivity contribution is 5.06. The lowest BCUT2D eigenvalue weighted by Crippen LogP contribution is -2.30. The lowest BCUT2D eigenvalue weighted by Gasteiger charge is -2.36. The zero-order chi connectivity index (χ0) is 9.90. The Labute approximate surface area is 80.2 Å². The van der Waals surface area contributed by atoms with Crippen molar-refractivity contribution in [2.75, 3.05) is 0 Å². The molecule has 2 unspecified atom stereocenters. The predicted octanol–water partition coefficient (Wildman–Crippen LogP) is 2.87. The molecule has 1 saturated carbocycles. The summed E-state index contributed by atoms with van der Waals surface area (Å²) in [4.78, 5) is 0. The van der Waals surface area contributed by atoms with Crippen LogP contribution in [0.25, 0.3) is 0 Å². The van der Waals surface area contributed by atoms with Gasteiger partial charge in [0.15, 0.2) is 0 Å². The molecule has 2 heteroatoms. The third kappa shape index (κ3) is 2.22. The molecule has 0 aliphatic heterocycles. The summed E-state index contributed by atoms with van der Waals surface area (Å²) in [6, 6.07) is 4.50. The first kappa shape index (κ1) is 10.1. The van der Waals surface area contributed by atoms with Crippen molar-refractivity contribution in [1.82, 2.24) is 0 Å². The first-order valence-corrected chi connectivity index (χ1v) is 4.90. The van der Waals surface area contributed by atoms with Gasteiger partial charge in [-0.15, -0.1) is 0 Å². The number of hydrogen-bond acceptors (Lipinski definition) is 2. The van der Waals surface area contributed by atoms with E-state index >= 15 is 0 Å². The molecule has 0 aromatic heterocycles. The van der Waals surface area contributed by atoms with Gasteiger partial charge in [0, 0.05) is 0 Å². The lowest BCUT2D eigenvalue weighted by atomic mass is 9.66. The second-order valence-corrected chi connectivity index (χ2v) is 4.58. The summed E-state index contributed by atoms with van der Waals surface area (Å²) in [7, 11) is 0. The molecular weight excluding hydrogens is 160 g/mol. The van der Waals surface area contributed by atoms with Gasteiger partial charge in [-0.1, -0.05) is 13.8 Å². The summed E-state index contributed by atoms with van der Waals surface area (Å²) in [5, 5.41) is 17.8. The van der Waals surface area contributed by atoms with Gasteiger partial charge < -0.3 is 0 Å². The number of rotatable bonds is 1. The Hall–Kier alpha value is -1.02. The van der Waals surface area contributed by atoms with Gasteiger partial charge in [0.05, 0.1) is 24.0 Å². The maximum absolute atomic E-state index is 9.11. The molecule has 1 rings (SSSR count). The van der Waals surface area contributed by atoms with Crippen molar-refractivity contribution in [3.8, 4) is 12.1 Å². The highest BCUT2D eigenvalue weighted by atomic mass is 14.4. The molecule has 0 aromatic rings. The van der Waals surface area contributed by atoms with E-state index in [4.69, 9.17) is 10.5 Å². The Morgan fingerprint density at radius 1 is 1.23 bits per heavy atom. The van der Waals surface area contributed by atoms with Crippen LogP contribution in [0.3, 0.4) is 0 Å². The summed E-state index contributed by atoms with van der Waals surface area (Å²) in [6.45, 7) is 4.36. The lowest BCUT2D eigenvalue weighted by molar-refractivity contribution is 0.163. The van der Waals surface area contributed by atoms with Gasteiger partial charge in [-0.05, 0) is 31.1 Å². The summed E-state index contributed by atoms with van der Waals surface area (Å²) in [5.41, 5.74) is -0.341. The van der Waals surface area contributed by atoms with E-state index in [2.05, 4.69) is 26.0 Å². The van der Waals surface area contributed by atoms with Crippen molar-refractivity contribution in [1.29, 1.82) is 10.5 Å². The van der Waals surface area contributed by atoms with E-state index in [0.29, 0.717) is 18.3 Å². The Morgan fingerprint density at radius 3 is 2.15 bits per heavy atom. The van der Waals surface area contributed by atoms with E-state index in [0.717, 1.165) is 12.8 Å². The molecule has 0 radical (unpaired) electrons. The quantitative estimate of drug-likeness (QED) is 0.616. The zero-order valence-corrected chi connectivity index (χ0v) is 8.38. The molecule has 2 nitrogen and oxygen atoms in total. The highest BCUT2D eigenvalue weighted by Crippen LogP contribution is 2.43. The molecule has 13 heavy (non-hydrogen) atoms. The summed E-state index contributed by atoms with van der Waals surface area (Å²) in [6.07, 6.45) is 3.41. The molecule has 0 heterocycles. The molecule has 0 spiro atoms. The van der Waals surface area contributed by atoms with Crippen molar-refractivity contribution in [2.24, 2.45) is 17.3 Å². The summed E-state index contributed by atoms with van der Waals surface area (Å²) < 4.78 is 0. The van der Waals surface area contributed by atoms with Crippen LogP contribution < -0.4 is 0 Å². The number of nitriles is 2. The van der Waals surface area contributed by atoms with Crippen LogP contribution in [0.2, 0.25) is 0 Å². The van der Waals surface area contributed by atoms with Crippen molar-refractivity contribution in [3.63, 3.8) is 0 Å². The zero-order valence-electron chi connectivity index (χ0n) is 8.38. The summed E-state index contributed by atoms with van der Waals surface area (Å²) >= 11 is 0. The molecule has 0 saturated heterocycles. The van der Waals surface area contributed by atoms with Crippen LogP contribution in [-0.2, 0) is 0 Å². The van der Waals surface area contributed by atoms with Gasteiger partial charge in [0.2, 0.25) is 0 Å². The molecule has 0 bridgehead atoms. The fraction of sp³-hybridized carbons (Fsp3) is 0.818. The van der Waals surface area contributed by atoms with Crippen LogP contribution in [0, 0.1) is 39.9 Å². The molecule has 0 aromatic carbocycles. The van der Waals surface area contributed by atoms with Gasteiger partial charge in [-0.3, -0.25) is 0 Å². The van der Waals surface area contributed by atoms with Crippen LogP contribution >= 0.6 is 0 Å². The van der Waals surface area contributed by atoms with E-state index in [1.165, 1.54) is 6.42 Å². The van der Waals surface area contributed by atoms with Gasteiger partial charge >= 0.3 is 0 Å². The summed E-state index contributed by atoms with van der Waals surface area (Å²) in [5.74, 6) is 1.19. The fourth-order valence-electron chi connectivity index (χ4n) is 2.70. The Balaban J connectivity index is 2.76. The third-order valence-electron chi connectivity index (χ3n) is 2.94. The van der Waals surface area contributed by atoms with Crippen LogP contribution in [0.1, 0.15) is 39.5 Å². The molecule has 70 valence electrons. The van der Waals surface area contributed by atoms with E-state index in [1.807, 2.05) is 0 Å². The van der Waals surface area contributed by atoms with Gasteiger partial charge in [-0.25, -0.2) is 0 Å². The first-order valence-electron chi connectivity index (χ1n) is 4.90. The molecule has 0 N–H and O–H groups in total. The maximum atomic E-state index is 9.11. The molecule has 2 atom stereocenters. The second-order valence-electron chi connectivity index (χ2n) is 4.58. The van der Waals surface area contributed by atoms with Gasteiger partial charge in [0.25, 0.3) is 0 Å². The van der Waals surface area contributed by atoms with E-state index in [-0.39, 0.29) is 5.41 Å². The average molecular weight is 176 g/mol. The maximum Gasteiger partial charge on any atom is 0.0708 e. The molecule has 1 aliphatic rings. The van der Waals surface area contributed by atoms with Crippen molar-refractivity contribution in [3.05, 3.63) is 0 Å². The molecule has 1 fully saturated rings. The van der Waals surface area contributed by atoms with E-state index in [1.54, 1.807) is 0 Å². The minimum atomic E-state index is -0.341. The smallest absolute Gasteiger partial charge is 0.0708 e. The van der Waals surface area contributed by atoms with E-state index in [9.17, 15) is 0 Å². The standard InChI is InChI=1S/C11H16N2/c1-9-5-10(2)7-11(6-9,8-13)3-4-12/h9-10H,3,5-7H2,1-2H3. The van der Waals surface area contributed by atoms with Crippen LogP contribution in [0.15, 0.2) is 0 Å². The fourth-order valence-corrected chi connectivity index (χ4v) is 2.70. The van der Waals surface area contributed by atoms with Crippen LogP contribution in [0.5, 0.6) is 0 Å². The monoisotopic (exact) mass is 176 g/mol. The van der Waals surface area contributed by atoms with Crippen molar-refractivity contribution < 1.29 is 0 Å². The average Bonchev–Trinajstić information content (AvgIpc) is 2.03. The Kier molecular flexibility index (Phi) is 2.94. The van der Waals surface area contributed by atoms with E-state index < -0.39 is 0 Å². The predicted molar refractivity (Wildman–Crippen MR) is 50.5 cm³/mol.